The molecule has 0 aliphatic carbocycles. The second-order valence-electron chi connectivity index (χ2n) is 4.44. The SMILES string of the molecule is CCOc1cc(C)c(C(=O)CC(N)C(=O)O)cc1C. The summed E-state index contributed by atoms with van der Waals surface area (Å²) < 4.78 is 5.44. The molecule has 0 heterocycles. The lowest BCUT2D eigenvalue weighted by molar-refractivity contribution is -0.138. The van der Waals surface area contributed by atoms with Crippen molar-refractivity contribution in [1.82, 2.24) is 0 Å². The van der Waals surface area contributed by atoms with Gasteiger partial charge in [0.25, 0.3) is 0 Å². The molecular weight excluding hydrogens is 246 g/mol. The van der Waals surface area contributed by atoms with Gasteiger partial charge in [0.2, 0.25) is 0 Å². The second kappa shape index (κ2) is 6.33. The number of carbonyl (C=O) groups excluding carboxylic acids is 1. The summed E-state index contributed by atoms with van der Waals surface area (Å²) in [6.45, 7) is 6.08. The molecule has 1 aromatic carbocycles. The molecular formula is C14H19NO4. The van der Waals surface area contributed by atoms with E-state index in [9.17, 15) is 9.59 Å². The maximum atomic E-state index is 12.0. The maximum absolute atomic E-state index is 12.0. The molecule has 0 radical (unpaired) electrons. The van der Waals surface area contributed by atoms with Gasteiger partial charge >= 0.3 is 5.97 Å². The lowest BCUT2D eigenvalue weighted by Gasteiger charge is -2.12. The van der Waals surface area contributed by atoms with Crippen molar-refractivity contribution < 1.29 is 19.4 Å². The predicted octanol–water partition coefficient (Wildman–Crippen LogP) is 1.69. The van der Waals surface area contributed by atoms with Crippen LogP contribution in [0, 0.1) is 13.8 Å². The minimum atomic E-state index is -1.17. The maximum Gasteiger partial charge on any atom is 0.320 e. The van der Waals surface area contributed by atoms with Gasteiger partial charge in [-0.25, -0.2) is 0 Å². The molecule has 5 nitrogen and oxygen atoms in total. The average Bonchev–Trinajstić information content (AvgIpc) is 2.33. The van der Waals surface area contributed by atoms with Gasteiger partial charge < -0.3 is 15.6 Å². The molecule has 1 atom stereocenters. The van der Waals surface area contributed by atoms with Crippen molar-refractivity contribution in [3.05, 3.63) is 28.8 Å². The molecule has 0 saturated heterocycles. The fraction of sp³-hybridized carbons (Fsp3) is 0.429. The van der Waals surface area contributed by atoms with Gasteiger partial charge in [0.15, 0.2) is 5.78 Å². The zero-order valence-corrected chi connectivity index (χ0v) is 11.4. The number of ether oxygens (including phenoxy) is 1. The molecule has 0 spiro atoms. The molecule has 1 rings (SSSR count). The molecule has 5 heteroatoms. The Morgan fingerprint density at radius 3 is 2.47 bits per heavy atom. The van der Waals surface area contributed by atoms with Crippen LogP contribution in [0.5, 0.6) is 5.75 Å². The van der Waals surface area contributed by atoms with Gasteiger partial charge in [-0.2, -0.15) is 0 Å². The summed E-state index contributed by atoms with van der Waals surface area (Å²) in [5, 5.41) is 8.72. The van der Waals surface area contributed by atoms with E-state index in [1.165, 1.54) is 0 Å². The first-order valence-corrected chi connectivity index (χ1v) is 6.12. The number of nitrogens with two attached hydrogens (primary N) is 1. The van der Waals surface area contributed by atoms with E-state index in [1.807, 2.05) is 13.8 Å². The van der Waals surface area contributed by atoms with E-state index in [-0.39, 0.29) is 12.2 Å². The van der Waals surface area contributed by atoms with Crippen LogP contribution in [0.3, 0.4) is 0 Å². The van der Waals surface area contributed by atoms with Gasteiger partial charge in [-0.3, -0.25) is 9.59 Å². The Hall–Kier alpha value is -1.88. The van der Waals surface area contributed by atoms with Crippen LogP contribution in [-0.2, 0) is 4.79 Å². The quantitative estimate of drug-likeness (QED) is 0.764. The lowest BCUT2D eigenvalue weighted by atomic mass is 9.97. The van der Waals surface area contributed by atoms with E-state index in [0.717, 1.165) is 16.9 Å². The van der Waals surface area contributed by atoms with Crippen molar-refractivity contribution in [3.63, 3.8) is 0 Å². The molecule has 0 aliphatic heterocycles. The summed E-state index contributed by atoms with van der Waals surface area (Å²) in [5.41, 5.74) is 7.48. The highest BCUT2D eigenvalue weighted by atomic mass is 16.5. The van der Waals surface area contributed by atoms with Crippen LogP contribution in [-0.4, -0.2) is 29.5 Å². The molecule has 0 fully saturated rings. The highest BCUT2D eigenvalue weighted by molar-refractivity contribution is 6.00. The van der Waals surface area contributed by atoms with Crippen molar-refractivity contribution in [3.8, 4) is 5.75 Å². The molecule has 0 amide bonds. The van der Waals surface area contributed by atoms with Gasteiger partial charge in [-0.15, -0.1) is 0 Å². The van der Waals surface area contributed by atoms with Crippen molar-refractivity contribution in [2.75, 3.05) is 6.61 Å². The third kappa shape index (κ3) is 3.79. The van der Waals surface area contributed by atoms with Crippen molar-refractivity contribution in [2.45, 2.75) is 33.2 Å². The number of hydrogen-bond acceptors (Lipinski definition) is 4. The molecule has 1 unspecified atom stereocenters. The van der Waals surface area contributed by atoms with Crippen molar-refractivity contribution in [1.29, 1.82) is 0 Å². The van der Waals surface area contributed by atoms with E-state index in [2.05, 4.69) is 0 Å². The Bertz CT molecular complexity index is 496. The van der Waals surface area contributed by atoms with E-state index in [0.29, 0.717) is 12.2 Å². The van der Waals surface area contributed by atoms with Crippen LogP contribution in [0.15, 0.2) is 12.1 Å². The predicted molar refractivity (Wildman–Crippen MR) is 71.6 cm³/mol. The number of hydrogen-bond donors (Lipinski definition) is 2. The Morgan fingerprint density at radius 1 is 1.32 bits per heavy atom. The normalized spacial score (nSPS) is 12.0. The van der Waals surface area contributed by atoms with Gasteiger partial charge in [0, 0.05) is 12.0 Å². The summed E-state index contributed by atoms with van der Waals surface area (Å²) in [7, 11) is 0. The number of benzene rings is 1. The summed E-state index contributed by atoms with van der Waals surface area (Å²) in [6.07, 6.45) is -0.205. The number of carboxylic acid groups (broad SMARTS) is 1. The third-order valence-electron chi connectivity index (χ3n) is 2.84. The van der Waals surface area contributed by atoms with Crippen LogP contribution in [0.25, 0.3) is 0 Å². The zero-order valence-electron chi connectivity index (χ0n) is 11.4. The lowest BCUT2D eigenvalue weighted by Crippen LogP contribution is -2.32. The molecule has 3 N–H and O–H groups in total. The number of carbonyl (C=O) groups is 2. The van der Waals surface area contributed by atoms with Crippen LogP contribution < -0.4 is 10.5 Å². The molecule has 104 valence electrons. The molecule has 0 aromatic heterocycles. The fourth-order valence-electron chi connectivity index (χ4n) is 1.80. The number of rotatable bonds is 6. The second-order valence-corrected chi connectivity index (χ2v) is 4.44. The number of carboxylic acids is 1. The van der Waals surface area contributed by atoms with Crippen molar-refractivity contribution in [2.24, 2.45) is 5.73 Å². The van der Waals surface area contributed by atoms with Gasteiger partial charge in [-0.1, -0.05) is 0 Å². The molecule has 19 heavy (non-hydrogen) atoms. The molecule has 0 aliphatic rings. The van der Waals surface area contributed by atoms with Crippen LogP contribution in [0.4, 0.5) is 0 Å². The van der Waals surface area contributed by atoms with E-state index in [4.69, 9.17) is 15.6 Å². The Morgan fingerprint density at radius 2 is 1.95 bits per heavy atom. The Kier molecular flexibility index (Phi) is 5.06. The van der Waals surface area contributed by atoms with Crippen LogP contribution in [0.2, 0.25) is 0 Å². The highest BCUT2D eigenvalue weighted by Crippen LogP contribution is 2.24. The highest BCUT2D eigenvalue weighted by Gasteiger charge is 2.19. The minimum absolute atomic E-state index is 0.205. The first kappa shape index (κ1) is 15.2. The molecule has 1 aromatic rings. The first-order chi connectivity index (χ1) is 8.86. The Labute approximate surface area is 112 Å². The van der Waals surface area contributed by atoms with Gasteiger partial charge in [0.1, 0.15) is 11.8 Å². The fourth-order valence-corrected chi connectivity index (χ4v) is 1.80. The smallest absolute Gasteiger partial charge is 0.320 e. The van der Waals surface area contributed by atoms with Crippen molar-refractivity contribution >= 4 is 11.8 Å². The Balaban J connectivity index is 2.98. The molecule has 0 saturated carbocycles. The average molecular weight is 265 g/mol. The zero-order chi connectivity index (χ0) is 14.6. The van der Waals surface area contributed by atoms with E-state index in [1.54, 1.807) is 19.1 Å². The van der Waals surface area contributed by atoms with E-state index >= 15 is 0 Å². The number of aliphatic carboxylic acids is 1. The number of Topliss-reactive ketones (excluding diaryl/α,β-unsaturated/α-hetero) is 1. The number of aryl methyl sites for hydroxylation is 2. The van der Waals surface area contributed by atoms with Gasteiger partial charge in [-0.05, 0) is 44.0 Å². The topological polar surface area (TPSA) is 89.6 Å². The minimum Gasteiger partial charge on any atom is -0.494 e. The van der Waals surface area contributed by atoms with E-state index < -0.39 is 12.0 Å². The summed E-state index contributed by atoms with van der Waals surface area (Å²) in [5.74, 6) is -0.703. The largest absolute Gasteiger partial charge is 0.494 e. The van der Waals surface area contributed by atoms with Crippen LogP contribution >= 0.6 is 0 Å². The first-order valence-electron chi connectivity index (χ1n) is 6.12. The standard InChI is InChI=1S/C14H19NO4/c1-4-19-13-6-8(2)10(5-9(13)3)12(16)7-11(15)14(17)18/h5-6,11H,4,7,15H2,1-3H3,(H,17,18). The molecule has 0 bridgehead atoms. The number of ketones is 1. The van der Waals surface area contributed by atoms with Crippen LogP contribution in [0.1, 0.15) is 34.8 Å². The summed E-state index contributed by atoms with van der Waals surface area (Å²) >= 11 is 0. The summed E-state index contributed by atoms with van der Waals surface area (Å²) in [4.78, 5) is 22.7. The summed E-state index contributed by atoms with van der Waals surface area (Å²) in [6, 6.07) is 2.34. The monoisotopic (exact) mass is 265 g/mol. The van der Waals surface area contributed by atoms with Gasteiger partial charge in [0.05, 0.1) is 6.61 Å². The third-order valence-corrected chi connectivity index (χ3v) is 2.84.